The Morgan fingerprint density at radius 1 is 1.24 bits per heavy atom. The fourth-order valence-corrected chi connectivity index (χ4v) is 3.39. The molecule has 5 heterocycles. The summed E-state index contributed by atoms with van der Waals surface area (Å²) in [7, 11) is 1.92. The standard InChI is InChI=1S/C20H22N8O/c1-13-9-21-11-19(24-13)25-18-8-16-7-14(4-6-28(16)26-18)20-17(10-23-27(20)2)29-12-15-3-5-22-15/h4,6-11,15,22H,3,5,12H2,1-2H3,(H,24,25,26). The number of aromatic nitrogens is 6. The minimum atomic E-state index is 0.429. The molecule has 9 nitrogen and oxygen atoms in total. The Morgan fingerprint density at radius 3 is 2.93 bits per heavy atom. The molecule has 0 bridgehead atoms. The second kappa shape index (κ2) is 7.17. The van der Waals surface area contributed by atoms with Crippen LogP contribution in [0, 0.1) is 6.92 Å². The Kier molecular flexibility index (Phi) is 4.36. The van der Waals surface area contributed by atoms with Crippen LogP contribution < -0.4 is 15.4 Å². The van der Waals surface area contributed by atoms with Gasteiger partial charge in [-0.15, -0.1) is 0 Å². The van der Waals surface area contributed by atoms with Gasteiger partial charge < -0.3 is 15.4 Å². The second-order valence-electron chi connectivity index (χ2n) is 7.22. The molecule has 1 unspecified atom stereocenters. The number of hydrogen-bond donors (Lipinski definition) is 2. The lowest BCUT2D eigenvalue weighted by Crippen LogP contribution is -2.46. The molecular formula is C20H22N8O. The number of fused-ring (bicyclic) bond motifs is 1. The van der Waals surface area contributed by atoms with E-state index in [1.165, 1.54) is 0 Å². The zero-order chi connectivity index (χ0) is 19.8. The fourth-order valence-electron chi connectivity index (χ4n) is 3.39. The molecule has 0 aromatic carbocycles. The number of pyridine rings is 1. The van der Waals surface area contributed by atoms with Crippen molar-refractivity contribution in [3.05, 3.63) is 48.7 Å². The molecule has 0 saturated carbocycles. The Hall–Kier alpha value is -3.46. The van der Waals surface area contributed by atoms with Crippen LogP contribution in [0.4, 0.5) is 11.6 Å². The molecule has 4 aromatic rings. The van der Waals surface area contributed by atoms with Crippen molar-refractivity contribution in [1.82, 2.24) is 34.7 Å². The first-order chi connectivity index (χ1) is 14.2. The predicted molar refractivity (Wildman–Crippen MR) is 109 cm³/mol. The minimum absolute atomic E-state index is 0.429. The summed E-state index contributed by atoms with van der Waals surface area (Å²) < 4.78 is 9.69. The van der Waals surface area contributed by atoms with Crippen LogP contribution in [0.15, 0.2) is 43.0 Å². The first kappa shape index (κ1) is 17.6. The quantitative estimate of drug-likeness (QED) is 0.522. The molecule has 1 aliphatic heterocycles. The second-order valence-corrected chi connectivity index (χ2v) is 7.22. The van der Waals surface area contributed by atoms with Crippen molar-refractivity contribution in [1.29, 1.82) is 0 Å². The minimum Gasteiger partial charge on any atom is -0.488 e. The molecule has 0 radical (unpaired) electrons. The highest BCUT2D eigenvalue weighted by molar-refractivity contribution is 5.72. The number of nitrogens with one attached hydrogen (secondary N) is 2. The van der Waals surface area contributed by atoms with Gasteiger partial charge in [0.2, 0.25) is 0 Å². The number of aryl methyl sites for hydroxylation is 2. The highest BCUT2D eigenvalue weighted by Gasteiger charge is 2.19. The Bertz CT molecular complexity index is 1160. The van der Waals surface area contributed by atoms with E-state index in [1.807, 2.05) is 41.5 Å². The van der Waals surface area contributed by atoms with Crippen molar-refractivity contribution in [2.24, 2.45) is 7.05 Å². The monoisotopic (exact) mass is 390 g/mol. The number of anilines is 2. The van der Waals surface area contributed by atoms with Crippen molar-refractivity contribution >= 4 is 17.2 Å². The Morgan fingerprint density at radius 2 is 2.14 bits per heavy atom. The topological polar surface area (TPSA) is 94.2 Å². The molecule has 0 aliphatic carbocycles. The van der Waals surface area contributed by atoms with Crippen LogP contribution in [-0.2, 0) is 7.05 Å². The van der Waals surface area contributed by atoms with E-state index >= 15 is 0 Å². The first-order valence-corrected chi connectivity index (χ1v) is 9.59. The average molecular weight is 390 g/mol. The van der Waals surface area contributed by atoms with E-state index in [-0.39, 0.29) is 0 Å². The number of ether oxygens (including phenoxy) is 1. The van der Waals surface area contributed by atoms with E-state index in [4.69, 9.17) is 4.74 Å². The highest BCUT2D eigenvalue weighted by atomic mass is 16.5. The lowest BCUT2D eigenvalue weighted by Gasteiger charge is -2.27. The third kappa shape index (κ3) is 3.52. The SMILES string of the molecule is Cc1cncc(Nc2cc3cc(-c4c(OCC5CCN5)cnn4C)ccn3n2)n1. The van der Waals surface area contributed by atoms with E-state index in [9.17, 15) is 0 Å². The van der Waals surface area contributed by atoms with E-state index < -0.39 is 0 Å². The number of nitrogens with zero attached hydrogens (tertiary/aromatic N) is 6. The number of hydrogen-bond acceptors (Lipinski definition) is 7. The molecule has 148 valence electrons. The van der Waals surface area contributed by atoms with Crippen LogP contribution in [0.2, 0.25) is 0 Å². The van der Waals surface area contributed by atoms with Gasteiger partial charge in [0.05, 0.1) is 23.6 Å². The molecule has 0 amide bonds. The molecule has 29 heavy (non-hydrogen) atoms. The summed E-state index contributed by atoms with van der Waals surface area (Å²) in [6.45, 7) is 3.62. The molecule has 1 saturated heterocycles. The van der Waals surface area contributed by atoms with Crippen LogP contribution in [0.25, 0.3) is 16.8 Å². The normalized spacial score (nSPS) is 16.0. The molecule has 4 aromatic heterocycles. The van der Waals surface area contributed by atoms with Crippen molar-refractivity contribution in [3.8, 4) is 17.0 Å². The van der Waals surface area contributed by atoms with E-state index in [2.05, 4.69) is 36.9 Å². The van der Waals surface area contributed by atoms with Gasteiger partial charge in [-0.25, -0.2) is 9.50 Å². The van der Waals surface area contributed by atoms with Gasteiger partial charge in [0.1, 0.15) is 18.1 Å². The fraction of sp³-hybridized carbons (Fsp3) is 0.300. The van der Waals surface area contributed by atoms with Gasteiger partial charge in [-0.3, -0.25) is 9.67 Å². The first-order valence-electron chi connectivity index (χ1n) is 9.59. The van der Waals surface area contributed by atoms with Crippen LogP contribution in [-0.4, -0.2) is 48.6 Å². The lowest BCUT2D eigenvalue weighted by molar-refractivity contribution is 0.218. The van der Waals surface area contributed by atoms with Crippen molar-refractivity contribution in [2.75, 3.05) is 18.5 Å². The van der Waals surface area contributed by atoms with Crippen LogP contribution in [0.3, 0.4) is 0 Å². The number of rotatable bonds is 6. The van der Waals surface area contributed by atoms with Gasteiger partial charge in [-0.05, 0) is 32.0 Å². The molecule has 2 N–H and O–H groups in total. The summed E-state index contributed by atoms with van der Waals surface area (Å²) in [5.74, 6) is 2.17. The third-order valence-corrected chi connectivity index (χ3v) is 5.02. The Labute approximate surface area is 167 Å². The molecule has 1 aliphatic rings. The Balaban J connectivity index is 1.42. The van der Waals surface area contributed by atoms with Gasteiger partial charge in [0.15, 0.2) is 11.6 Å². The van der Waals surface area contributed by atoms with Crippen molar-refractivity contribution in [3.63, 3.8) is 0 Å². The summed E-state index contributed by atoms with van der Waals surface area (Å²) >= 11 is 0. The molecule has 5 rings (SSSR count). The van der Waals surface area contributed by atoms with Gasteiger partial charge in [0, 0.05) is 37.1 Å². The molecule has 0 spiro atoms. The molecule has 1 atom stereocenters. The maximum Gasteiger partial charge on any atom is 0.165 e. The summed E-state index contributed by atoms with van der Waals surface area (Å²) in [5, 5.41) is 15.5. The zero-order valence-electron chi connectivity index (χ0n) is 16.3. The van der Waals surface area contributed by atoms with Gasteiger partial charge >= 0.3 is 0 Å². The predicted octanol–water partition coefficient (Wildman–Crippen LogP) is 2.32. The molecule has 1 fully saturated rings. The maximum absolute atomic E-state index is 6.03. The van der Waals surface area contributed by atoms with E-state index in [0.29, 0.717) is 24.3 Å². The maximum atomic E-state index is 6.03. The summed E-state index contributed by atoms with van der Waals surface area (Å²) in [6.07, 6.45) is 8.26. The summed E-state index contributed by atoms with van der Waals surface area (Å²) in [6, 6.07) is 6.49. The zero-order valence-corrected chi connectivity index (χ0v) is 16.3. The third-order valence-electron chi connectivity index (χ3n) is 5.02. The van der Waals surface area contributed by atoms with Gasteiger partial charge in [-0.1, -0.05) is 0 Å². The van der Waals surface area contributed by atoms with Gasteiger partial charge in [-0.2, -0.15) is 10.2 Å². The van der Waals surface area contributed by atoms with Crippen LogP contribution in [0.5, 0.6) is 5.75 Å². The van der Waals surface area contributed by atoms with E-state index in [1.54, 1.807) is 18.6 Å². The highest BCUT2D eigenvalue weighted by Crippen LogP contribution is 2.31. The molecular weight excluding hydrogens is 368 g/mol. The smallest absolute Gasteiger partial charge is 0.165 e. The summed E-state index contributed by atoms with van der Waals surface area (Å²) in [4.78, 5) is 8.56. The lowest BCUT2D eigenvalue weighted by atomic mass is 10.1. The van der Waals surface area contributed by atoms with Crippen molar-refractivity contribution in [2.45, 2.75) is 19.4 Å². The van der Waals surface area contributed by atoms with Crippen LogP contribution >= 0.6 is 0 Å². The molecule has 9 heteroatoms. The van der Waals surface area contributed by atoms with Crippen LogP contribution in [0.1, 0.15) is 12.1 Å². The summed E-state index contributed by atoms with van der Waals surface area (Å²) in [5.41, 5.74) is 3.78. The average Bonchev–Trinajstić information content (AvgIpc) is 3.22. The largest absolute Gasteiger partial charge is 0.488 e. The van der Waals surface area contributed by atoms with E-state index in [0.717, 1.165) is 41.2 Å². The van der Waals surface area contributed by atoms with Gasteiger partial charge in [0.25, 0.3) is 0 Å². The van der Waals surface area contributed by atoms with Crippen molar-refractivity contribution < 1.29 is 4.74 Å².